The first-order valence-corrected chi connectivity index (χ1v) is 7.51. The normalized spacial score (nSPS) is 14.3. The minimum atomic E-state index is -4.54. The summed E-state index contributed by atoms with van der Waals surface area (Å²) in [5.41, 5.74) is -0.119. The third kappa shape index (κ3) is 3.52. The molecule has 1 atom stereocenters. The maximum atomic E-state index is 12.7. The van der Waals surface area contributed by atoms with Crippen LogP contribution >= 0.6 is 0 Å². The van der Waals surface area contributed by atoms with Crippen molar-refractivity contribution in [2.75, 3.05) is 6.79 Å². The smallest absolute Gasteiger partial charge is 0.433 e. The van der Waals surface area contributed by atoms with E-state index in [1.165, 1.54) is 6.92 Å². The van der Waals surface area contributed by atoms with E-state index in [2.05, 4.69) is 10.3 Å². The fraction of sp³-hybridized carbons (Fsp3) is 0.294. The molecule has 1 aromatic heterocycles. The van der Waals surface area contributed by atoms with Crippen LogP contribution < -0.4 is 14.8 Å². The highest BCUT2D eigenvalue weighted by Gasteiger charge is 2.33. The lowest BCUT2D eigenvalue weighted by Crippen LogP contribution is -2.27. The molecule has 1 amide bonds. The summed E-state index contributed by atoms with van der Waals surface area (Å²) < 4.78 is 48.5. The van der Waals surface area contributed by atoms with Crippen LogP contribution in [0.4, 0.5) is 13.2 Å². The van der Waals surface area contributed by atoms with Gasteiger partial charge in [-0.3, -0.25) is 4.79 Å². The van der Waals surface area contributed by atoms with Crippen molar-refractivity contribution in [1.29, 1.82) is 0 Å². The Kier molecular flexibility index (Phi) is 4.28. The number of hydrogen-bond donors (Lipinski definition) is 1. The molecule has 0 saturated heterocycles. The van der Waals surface area contributed by atoms with E-state index >= 15 is 0 Å². The minimum Gasteiger partial charge on any atom is -0.454 e. The summed E-state index contributed by atoms with van der Waals surface area (Å²) in [7, 11) is 0. The number of carbonyl (C=O) groups excluding carboxylic acids is 1. The highest BCUT2D eigenvalue weighted by molar-refractivity contribution is 5.95. The van der Waals surface area contributed by atoms with E-state index in [1.807, 2.05) is 0 Å². The van der Waals surface area contributed by atoms with Crippen molar-refractivity contribution in [2.24, 2.45) is 0 Å². The average molecular weight is 352 g/mol. The largest absolute Gasteiger partial charge is 0.454 e. The molecule has 1 aliphatic rings. The van der Waals surface area contributed by atoms with Crippen LogP contribution in [-0.4, -0.2) is 17.7 Å². The lowest BCUT2D eigenvalue weighted by Gasteiger charge is -2.16. The molecule has 5 nitrogen and oxygen atoms in total. The van der Waals surface area contributed by atoms with Crippen molar-refractivity contribution in [3.8, 4) is 11.5 Å². The van der Waals surface area contributed by atoms with E-state index < -0.39 is 17.8 Å². The van der Waals surface area contributed by atoms with Crippen molar-refractivity contribution >= 4 is 5.91 Å². The molecule has 1 N–H and O–H groups in total. The molecule has 0 aliphatic carbocycles. The zero-order valence-corrected chi connectivity index (χ0v) is 13.5. The summed E-state index contributed by atoms with van der Waals surface area (Å²) >= 11 is 0. The van der Waals surface area contributed by atoms with Crippen LogP contribution in [-0.2, 0) is 6.18 Å². The molecule has 0 bridgehead atoms. The van der Waals surface area contributed by atoms with Crippen molar-refractivity contribution in [3.05, 3.63) is 52.8 Å². The van der Waals surface area contributed by atoms with Gasteiger partial charge in [-0.05, 0) is 43.7 Å². The summed E-state index contributed by atoms with van der Waals surface area (Å²) in [6, 6.07) is 6.84. The van der Waals surface area contributed by atoms with Crippen LogP contribution in [0.25, 0.3) is 0 Å². The lowest BCUT2D eigenvalue weighted by molar-refractivity contribution is -0.141. The highest BCUT2D eigenvalue weighted by atomic mass is 19.4. The van der Waals surface area contributed by atoms with Gasteiger partial charge in [-0.15, -0.1) is 0 Å². The predicted octanol–water partition coefficient (Wildman–Crippen LogP) is 3.63. The minimum absolute atomic E-state index is 0.0187. The molecule has 3 rings (SSSR count). The summed E-state index contributed by atoms with van der Waals surface area (Å²) in [5, 5.41) is 2.75. The average Bonchev–Trinajstić information content (AvgIpc) is 3.01. The summed E-state index contributed by atoms with van der Waals surface area (Å²) in [4.78, 5) is 15.8. The first-order valence-electron chi connectivity index (χ1n) is 7.51. The number of alkyl halides is 3. The van der Waals surface area contributed by atoms with Crippen LogP contribution in [0.3, 0.4) is 0 Å². The molecule has 2 heterocycles. The Hall–Kier alpha value is -2.77. The Balaban J connectivity index is 1.75. The number of rotatable bonds is 3. The second-order valence-corrected chi connectivity index (χ2v) is 5.64. The number of ether oxygens (including phenoxy) is 2. The van der Waals surface area contributed by atoms with Gasteiger partial charge < -0.3 is 14.8 Å². The zero-order chi connectivity index (χ0) is 18.2. The van der Waals surface area contributed by atoms with Crippen LogP contribution in [0.5, 0.6) is 11.5 Å². The van der Waals surface area contributed by atoms with Gasteiger partial charge in [0.15, 0.2) is 11.5 Å². The molecule has 2 aromatic rings. The molecule has 0 fully saturated rings. The fourth-order valence-corrected chi connectivity index (χ4v) is 2.50. The van der Waals surface area contributed by atoms with Crippen molar-refractivity contribution in [3.63, 3.8) is 0 Å². The van der Waals surface area contributed by atoms with Crippen LogP contribution in [0.1, 0.15) is 40.3 Å². The van der Waals surface area contributed by atoms with E-state index in [1.54, 1.807) is 25.1 Å². The summed E-state index contributed by atoms with van der Waals surface area (Å²) in [5.74, 6) is 0.722. The van der Waals surface area contributed by atoms with E-state index in [0.717, 1.165) is 17.7 Å². The van der Waals surface area contributed by atoms with Crippen molar-refractivity contribution in [1.82, 2.24) is 10.3 Å². The number of carbonyl (C=O) groups is 1. The van der Waals surface area contributed by atoms with E-state index in [4.69, 9.17) is 9.47 Å². The number of halogens is 3. The molecule has 1 unspecified atom stereocenters. The third-order valence-electron chi connectivity index (χ3n) is 3.87. The number of benzene rings is 1. The van der Waals surface area contributed by atoms with Crippen LogP contribution in [0.15, 0.2) is 30.3 Å². The molecule has 8 heteroatoms. The lowest BCUT2D eigenvalue weighted by atomic mass is 10.1. The zero-order valence-electron chi connectivity index (χ0n) is 13.5. The van der Waals surface area contributed by atoms with Crippen LogP contribution in [0, 0.1) is 6.92 Å². The molecular weight excluding hydrogens is 337 g/mol. The Morgan fingerprint density at radius 2 is 1.92 bits per heavy atom. The Morgan fingerprint density at radius 1 is 1.20 bits per heavy atom. The molecule has 25 heavy (non-hydrogen) atoms. The number of nitrogens with one attached hydrogen (secondary N) is 1. The van der Waals surface area contributed by atoms with Gasteiger partial charge in [-0.25, -0.2) is 4.98 Å². The maximum Gasteiger partial charge on any atom is 0.433 e. The van der Waals surface area contributed by atoms with E-state index in [0.29, 0.717) is 11.5 Å². The fourth-order valence-electron chi connectivity index (χ4n) is 2.50. The maximum absolute atomic E-state index is 12.7. The topological polar surface area (TPSA) is 60.5 Å². The Bertz CT molecular complexity index is 821. The van der Waals surface area contributed by atoms with Crippen molar-refractivity contribution < 1.29 is 27.4 Å². The van der Waals surface area contributed by atoms with E-state index in [-0.39, 0.29) is 24.1 Å². The van der Waals surface area contributed by atoms with Gasteiger partial charge >= 0.3 is 6.18 Å². The number of aryl methyl sites for hydroxylation is 1. The number of nitrogens with zero attached hydrogens (tertiary/aromatic N) is 1. The molecule has 0 saturated carbocycles. The number of aromatic nitrogens is 1. The standard InChI is InChI=1S/C17H15F3N2O3/c1-9(11-3-5-13-14(7-11)25-8-24-13)22-16(23)12-4-6-15(17(18,19)20)21-10(12)2/h3-7,9H,8H2,1-2H3,(H,22,23). The van der Waals surface area contributed by atoms with Gasteiger partial charge in [0.2, 0.25) is 6.79 Å². The summed E-state index contributed by atoms with van der Waals surface area (Å²) in [6.07, 6.45) is -4.54. The molecule has 0 radical (unpaired) electrons. The Labute approximate surface area is 141 Å². The molecule has 1 aliphatic heterocycles. The number of pyridine rings is 1. The van der Waals surface area contributed by atoms with E-state index in [9.17, 15) is 18.0 Å². The Morgan fingerprint density at radius 3 is 2.60 bits per heavy atom. The van der Waals surface area contributed by atoms with Gasteiger partial charge in [0.1, 0.15) is 5.69 Å². The number of amides is 1. The highest BCUT2D eigenvalue weighted by Crippen LogP contribution is 2.34. The number of hydrogen-bond acceptors (Lipinski definition) is 4. The van der Waals surface area contributed by atoms with Crippen LogP contribution in [0.2, 0.25) is 0 Å². The van der Waals surface area contributed by atoms with Gasteiger partial charge in [0.05, 0.1) is 17.3 Å². The molecule has 132 valence electrons. The predicted molar refractivity (Wildman–Crippen MR) is 82.4 cm³/mol. The first-order chi connectivity index (χ1) is 11.8. The van der Waals surface area contributed by atoms with Gasteiger partial charge in [0.25, 0.3) is 5.91 Å². The quantitative estimate of drug-likeness (QED) is 0.916. The second kappa shape index (κ2) is 6.27. The van der Waals surface area contributed by atoms with Gasteiger partial charge in [0, 0.05) is 0 Å². The monoisotopic (exact) mass is 352 g/mol. The second-order valence-electron chi connectivity index (χ2n) is 5.64. The molecule has 1 aromatic carbocycles. The van der Waals surface area contributed by atoms with Gasteiger partial charge in [-0.2, -0.15) is 13.2 Å². The summed E-state index contributed by atoms with van der Waals surface area (Å²) in [6.45, 7) is 3.29. The third-order valence-corrected chi connectivity index (χ3v) is 3.87. The van der Waals surface area contributed by atoms with Gasteiger partial charge in [-0.1, -0.05) is 6.07 Å². The van der Waals surface area contributed by atoms with Crippen molar-refractivity contribution in [2.45, 2.75) is 26.1 Å². The molecular formula is C17H15F3N2O3. The SMILES string of the molecule is Cc1nc(C(F)(F)F)ccc1C(=O)NC(C)c1ccc2c(c1)OCO2. The molecule has 0 spiro atoms. The first kappa shape index (κ1) is 17.1. The number of fused-ring (bicyclic) bond motifs is 1.